The van der Waals surface area contributed by atoms with E-state index >= 15 is 0 Å². The summed E-state index contributed by atoms with van der Waals surface area (Å²) in [7, 11) is -3.53. The zero-order valence-electron chi connectivity index (χ0n) is 12.3. The van der Waals surface area contributed by atoms with Crippen LogP contribution in [0.4, 0.5) is 0 Å². The Morgan fingerprint density at radius 3 is 2.87 bits per heavy atom. The van der Waals surface area contributed by atoms with Gasteiger partial charge in [-0.1, -0.05) is 29.8 Å². The van der Waals surface area contributed by atoms with Crippen LogP contribution in [0.25, 0.3) is 10.9 Å². The summed E-state index contributed by atoms with van der Waals surface area (Å²) in [6.45, 7) is 0.874. The Morgan fingerprint density at radius 2 is 2.13 bits per heavy atom. The molecule has 1 aromatic heterocycles. The van der Waals surface area contributed by atoms with Crippen LogP contribution in [0.3, 0.4) is 0 Å². The third-order valence-corrected chi connectivity index (χ3v) is 5.17. The van der Waals surface area contributed by atoms with E-state index in [4.69, 9.17) is 16.7 Å². The summed E-state index contributed by atoms with van der Waals surface area (Å²) in [5.41, 5.74) is 0.891. The molecule has 0 spiro atoms. The van der Waals surface area contributed by atoms with Gasteiger partial charge >= 0.3 is 0 Å². The first-order valence-corrected chi connectivity index (χ1v) is 9.28. The average Bonchev–Trinajstić information content (AvgIpc) is 2.93. The second kappa shape index (κ2) is 6.07. The number of amides is 1. The summed E-state index contributed by atoms with van der Waals surface area (Å²) in [5.74, 6) is -0.449. The minimum absolute atomic E-state index is 0.103. The van der Waals surface area contributed by atoms with Crippen LogP contribution in [0.5, 0.6) is 0 Å². The Kier molecular flexibility index (Phi) is 4.27. The van der Waals surface area contributed by atoms with Crippen LogP contribution in [0.1, 0.15) is 16.9 Å². The van der Waals surface area contributed by atoms with Crippen molar-refractivity contribution in [2.75, 3.05) is 18.8 Å². The second-order valence-corrected chi connectivity index (χ2v) is 7.81. The zero-order chi connectivity index (χ0) is 16.6. The van der Waals surface area contributed by atoms with Crippen molar-refractivity contribution in [2.45, 2.75) is 6.42 Å². The van der Waals surface area contributed by atoms with Gasteiger partial charge < -0.3 is 4.90 Å². The lowest BCUT2D eigenvalue weighted by molar-refractivity contribution is 0.0783. The summed E-state index contributed by atoms with van der Waals surface area (Å²) in [6, 6.07) is 8.89. The van der Waals surface area contributed by atoms with Crippen molar-refractivity contribution in [3.8, 4) is 0 Å². The molecule has 1 aliphatic heterocycles. The van der Waals surface area contributed by atoms with E-state index in [1.165, 1.54) is 0 Å². The van der Waals surface area contributed by atoms with Gasteiger partial charge in [-0.15, -0.1) is 0 Å². The maximum Gasteiger partial charge on any atom is 0.272 e. The lowest BCUT2D eigenvalue weighted by Gasteiger charge is -2.16. The van der Waals surface area contributed by atoms with Crippen LogP contribution in [-0.2, 0) is 10.0 Å². The number of hydrogen-bond acceptors (Lipinski definition) is 4. The van der Waals surface area contributed by atoms with Crippen molar-refractivity contribution >= 4 is 38.4 Å². The smallest absolute Gasteiger partial charge is 0.272 e. The standard InChI is InChI=1S/C15H16ClN3O3S/c16-12-3-1-2-11-4-5-13(18-14(11)12)15(20)19-7-6-10(8-19)9-23(17,21)22/h1-5,10H,6-9H2,(H2,17,21,22)/t10-/m1/s1. The fourth-order valence-electron chi connectivity index (χ4n) is 2.87. The van der Waals surface area contributed by atoms with E-state index in [9.17, 15) is 13.2 Å². The van der Waals surface area contributed by atoms with E-state index in [0.717, 1.165) is 5.39 Å². The molecule has 122 valence electrons. The molecule has 6 nitrogen and oxygen atoms in total. The molecule has 1 fully saturated rings. The Labute approximate surface area is 139 Å². The predicted octanol–water partition coefficient (Wildman–Crippen LogP) is 1.64. The van der Waals surface area contributed by atoms with Crippen molar-refractivity contribution in [1.82, 2.24) is 9.88 Å². The molecule has 2 N–H and O–H groups in total. The van der Waals surface area contributed by atoms with Crippen molar-refractivity contribution in [1.29, 1.82) is 0 Å². The third-order valence-electron chi connectivity index (χ3n) is 3.93. The monoisotopic (exact) mass is 353 g/mol. The summed E-state index contributed by atoms with van der Waals surface area (Å²) >= 11 is 6.12. The van der Waals surface area contributed by atoms with Gasteiger partial charge in [-0.3, -0.25) is 4.79 Å². The second-order valence-electron chi connectivity index (χ2n) is 5.74. The molecule has 0 radical (unpaired) electrons. The molecule has 1 amide bonds. The molecule has 2 heterocycles. The van der Waals surface area contributed by atoms with Crippen LogP contribution in [0.15, 0.2) is 30.3 Å². The number of halogens is 1. The molecule has 2 aromatic rings. The quantitative estimate of drug-likeness (QED) is 0.907. The molecule has 3 rings (SSSR count). The number of aromatic nitrogens is 1. The predicted molar refractivity (Wildman–Crippen MR) is 88.7 cm³/mol. The van der Waals surface area contributed by atoms with E-state index in [1.54, 1.807) is 23.1 Å². The molecule has 0 unspecified atom stereocenters. The molecule has 1 saturated heterocycles. The number of carbonyl (C=O) groups is 1. The number of carbonyl (C=O) groups excluding carboxylic acids is 1. The van der Waals surface area contributed by atoms with Crippen LogP contribution < -0.4 is 5.14 Å². The van der Waals surface area contributed by atoms with Crippen molar-refractivity contribution < 1.29 is 13.2 Å². The fourth-order valence-corrected chi connectivity index (χ4v) is 4.03. The summed E-state index contributed by atoms with van der Waals surface area (Å²) in [5, 5.41) is 6.42. The first-order chi connectivity index (χ1) is 10.8. The van der Waals surface area contributed by atoms with E-state index in [2.05, 4.69) is 4.98 Å². The Morgan fingerprint density at radius 1 is 1.35 bits per heavy atom. The summed E-state index contributed by atoms with van der Waals surface area (Å²) in [6.07, 6.45) is 0.622. The number of para-hydroxylation sites is 1. The SMILES string of the molecule is NS(=O)(=O)C[C@@H]1CCN(C(=O)c2ccc3cccc(Cl)c3n2)C1. The molecular weight excluding hydrogens is 338 g/mol. The van der Waals surface area contributed by atoms with Crippen LogP contribution in [0, 0.1) is 5.92 Å². The number of sulfonamides is 1. The molecular formula is C15H16ClN3O3S. The number of likely N-dealkylation sites (tertiary alicyclic amines) is 1. The normalized spacial score (nSPS) is 18.5. The van der Waals surface area contributed by atoms with Gasteiger partial charge in [-0.2, -0.15) is 0 Å². The van der Waals surface area contributed by atoms with Gasteiger partial charge in [-0.25, -0.2) is 18.5 Å². The summed E-state index contributed by atoms with van der Waals surface area (Å²) < 4.78 is 22.3. The number of nitrogens with two attached hydrogens (primary N) is 1. The van der Waals surface area contributed by atoms with Crippen LogP contribution in [0.2, 0.25) is 5.02 Å². The van der Waals surface area contributed by atoms with Crippen molar-refractivity contribution in [3.05, 3.63) is 41.0 Å². The number of fused-ring (bicyclic) bond motifs is 1. The first kappa shape index (κ1) is 16.2. The molecule has 1 atom stereocenters. The number of benzene rings is 1. The van der Waals surface area contributed by atoms with Gasteiger partial charge in [-0.05, 0) is 24.5 Å². The zero-order valence-corrected chi connectivity index (χ0v) is 13.8. The summed E-state index contributed by atoms with van der Waals surface area (Å²) in [4.78, 5) is 18.5. The first-order valence-electron chi connectivity index (χ1n) is 7.18. The lowest BCUT2D eigenvalue weighted by atomic mass is 10.2. The Balaban J connectivity index is 1.80. The topological polar surface area (TPSA) is 93.4 Å². The van der Waals surface area contributed by atoms with Crippen LogP contribution in [-0.4, -0.2) is 43.1 Å². The number of hydrogen-bond donors (Lipinski definition) is 1. The van der Waals surface area contributed by atoms with E-state index in [0.29, 0.717) is 35.7 Å². The number of primary sulfonamides is 1. The lowest BCUT2D eigenvalue weighted by Crippen LogP contribution is -2.31. The van der Waals surface area contributed by atoms with Gasteiger partial charge in [0.1, 0.15) is 5.69 Å². The molecule has 23 heavy (non-hydrogen) atoms. The highest BCUT2D eigenvalue weighted by atomic mass is 35.5. The van der Waals surface area contributed by atoms with E-state index < -0.39 is 10.0 Å². The maximum atomic E-state index is 12.6. The minimum atomic E-state index is -3.53. The highest BCUT2D eigenvalue weighted by Gasteiger charge is 2.29. The van der Waals surface area contributed by atoms with E-state index in [1.807, 2.05) is 12.1 Å². The molecule has 0 saturated carbocycles. The fraction of sp³-hybridized carbons (Fsp3) is 0.333. The Hall–Kier alpha value is -1.70. The molecule has 1 aromatic carbocycles. The number of pyridine rings is 1. The molecule has 8 heteroatoms. The van der Waals surface area contributed by atoms with Crippen LogP contribution >= 0.6 is 11.6 Å². The van der Waals surface area contributed by atoms with Crippen molar-refractivity contribution in [3.63, 3.8) is 0 Å². The van der Waals surface area contributed by atoms with Gasteiger partial charge in [0.15, 0.2) is 0 Å². The highest BCUT2D eigenvalue weighted by molar-refractivity contribution is 7.89. The Bertz CT molecular complexity index is 869. The minimum Gasteiger partial charge on any atom is -0.337 e. The number of nitrogens with zero attached hydrogens (tertiary/aromatic N) is 2. The van der Waals surface area contributed by atoms with E-state index in [-0.39, 0.29) is 17.6 Å². The number of rotatable bonds is 3. The molecule has 0 bridgehead atoms. The third kappa shape index (κ3) is 3.63. The van der Waals surface area contributed by atoms with Gasteiger partial charge in [0.05, 0.1) is 16.3 Å². The molecule has 0 aliphatic carbocycles. The van der Waals surface area contributed by atoms with Gasteiger partial charge in [0.2, 0.25) is 10.0 Å². The average molecular weight is 354 g/mol. The van der Waals surface area contributed by atoms with Crippen molar-refractivity contribution in [2.24, 2.45) is 11.1 Å². The van der Waals surface area contributed by atoms with Gasteiger partial charge in [0.25, 0.3) is 5.91 Å². The maximum absolute atomic E-state index is 12.6. The molecule has 1 aliphatic rings. The van der Waals surface area contributed by atoms with Gasteiger partial charge in [0, 0.05) is 18.5 Å². The largest absolute Gasteiger partial charge is 0.337 e. The highest BCUT2D eigenvalue weighted by Crippen LogP contribution is 2.23.